The van der Waals surface area contributed by atoms with Crippen LogP contribution in [0.15, 0.2) is 24.3 Å². The van der Waals surface area contributed by atoms with Crippen LogP contribution in [0.3, 0.4) is 0 Å². The van der Waals surface area contributed by atoms with Gasteiger partial charge in [0, 0.05) is 5.56 Å². The number of ether oxygens (including phenoxy) is 1. The number of rotatable bonds is 5. The van der Waals surface area contributed by atoms with Crippen molar-refractivity contribution in [1.29, 1.82) is 0 Å². The highest BCUT2D eigenvalue weighted by atomic mass is 16.5. The van der Waals surface area contributed by atoms with Gasteiger partial charge in [-0.05, 0) is 31.2 Å². The van der Waals surface area contributed by atoms with Crippen molar-refractivity contribution in [3.8, 4) is 5.75 Å². The minimum atomic E-state index is -0.374. The van der Waals surface area contributed by atoms with E-state index in [-0.39, 0.29) is 6.10 Å². The number of aliphatic hydroxyl groups is 1. The maximum atomic E-state index is 10.8. The van der Waals surface area contributed by atoms with Crippen LogP contribution >= 0.6 is 0 Å². The Morgan fingerprint density at radius 1 is 1.10 bits per heavy atom. The third kappa shape index (κ3) is 4.24. The average Bonchev–Trinajstić information content (AvgIpc) is 2.44. The molecule has 1 fully saturated rings. The highest BCUT2D eigenvalue weighted by Crippen LogP contribution is 2.36. The van der Waals surface area contributed by atoms with Crippen LogP contribution < -0.4 is 4.74 Å². The van der Waals surface area contributed by atoms with Gasteiger partial charge in [-0.15, -0.1) is 0 Å². The zero-order valence-electron chi connectivity index (χ0n) is 12.7. The van der Waals surface area contributed by atoms with Crippen molar-refractivity contribution >= 4 is 0 Å². The Morgan fingerprint density at radius 2 is 1.75 bits per heavy atom. The summed E-state index contributed by atoms with van der Waals surface area (Å²) in [6.07, 6.45) is 9.40. The Kier molecular flexibility index (Phi) is 6.38. The van der Waals surface area contributed by atoms with Gasteiger partial charge in [-0.1, -0.05) is 57.2 Å². The summed E-state index contributed by atoms with van der Waals surface area (Å²) < 4.78 is 5.79. The minimum absolute atomic E-state index is 0.374. The van der Waals surface area contributed by atoms with Gasteiger partial charge in [0.2, 0.25) is 0 Å². The number of aliphatic hydroxyl groups excluding tert-OH is 1. The van der Waals surface area contributed by atoms with E-state index in [1.807, 2.05) is 24.3 Å². The lowest BCUT2D eigenvalue weighted by Crippen LogP contribution is -2.15. The molecule has 1 aliphatic rings. The summed E-state index contributed by atoms with van der Waals surface area (Å²) in [6, 6.07) is 7.99. The van der Waals surface area contributed by atoms with Gasteiger partial charge in [0.1, 0.15) is 5.75 Å². The van der Waals surface area contributed by atoms with Gasteiger partial charge in [0.25, 0.3) is 0 Å². The van der Waals surface area contributed by atoms with E-state index in [0.717, 1.165) is 30.6 Å². The van der Waals surface area contributed by atoms with E-state index in [1.165, 1.54) is 32.1 Å². The van der Waals surface area contributed by atoms with E-state index in [2.05, 4.69) is 6.92 Å². The molecule has 2 rings (SSSR count). The van der Waals surface area contributed by atoms with Crippen LogP contribution in [0.4, 0.5) is 0 Å². The molecule has 1 aliphatic carbocycles. The molecular formula is C18H28O2. The van der Waals surface area contributed by atoms with Gasteiger partial charge < -0.3 is 9.84 Å². The van der Waals surface area contributed by atoms with E-state index >= 15 is 0 Å². The third-order valence-electron chi connectivity index (χ3n) is 4.30. The molecule has 1 aromatic carbocycles. The fraction of sp³-hybridized carbons (Fsp3) is 0.667. The Balaban J connectivity index is 2.07. The molecule has 0 spiro atoms. The van der Waals surface area contributed by atoms with E-state index in [0.29, 0.717) is 12.5 Å². The molecular weight excluding hydrogens is 248 g/mol. The zero-order valence-corrected chi connectivity index (χ0v) is 12.7. The highest BCUT2D eigenvalue weighted by molar-refractivity contribution is 5.35. The van der Waals surface area contributed by atoms with Gasteiger partial charge in [0.15, 0.2) is 0 Å². The fourth-order valence-corrected chi connectivity index (χ4v) is 3.13. The van der Waals surface area contributed by atoms with Crippen LogP contribution in [0.1, 0.15) is 70.0 Å². The van der Waals surface area contributed by atoms with Crippen molar-refractivity contribution in [2.75, 3.05) is 6.61 Å². The second-order valence-electron chi connectivity index (χ2n) is 5.94. The summed E-state index contributed by atoms with van der Waals surface area (Å²) in [5.41, 5.74) is 0.978. The molecule has 0 radical (unpaired) electrons. The molecule has 1 saturated carbocycles. The van der Waals surface area contributed by atoms with Crippen LogP contribution in [-0.2, 0) is 0 Å². The molecule has 2 nitrogen and oxygen atoms in total. The second-order valence-corrected chi connectivity index (χ2v) is 5.94. The van der Waals surface area contributed by atoms with Crippen LogP contribution in [0.25, 0.3) is 0 Å². The summed E-state index contributed by atoms with van der Waals surface area (Å²) in [5, 5.41) is 10.8. The molecule has 112 valence electrons. The molecule has 1 N–H and O–H groups in total. The summed E-state index contributed by atoms with van der Waals surface area (Å²) in [5.74, 6) is 1.26. The zero-order chi connectivity index (χ0) is 14.2. The molecule has 1 atom stereocenters. The van der Waals surface area contributed by atoms with Crippen molar-refractivity contribution in [3.63, 3.8) is 0 Å². The smallest absolute Gasteiger partial charge is 0.125 e. The Morgan fingerprint density at radius 3 is 2.45 bits per heavy atom. The van der Waals surface area contributed by atoms with Crippen molar-refractivity contribution in [2.45, 2.75) is 64.4 Å². The minimum Gasteiger partial charge on any atom is -0.493 e. The van der Waals surface area contributed by atoms with Crippen molar-refractivity contribution in [2.24, 2.45) is 5.92 Å². The lowest BCUT2D eigenvalue weighted by Gasteiger charge is -2.26. The van der Waals surface area contributed by atoms with Crippen molar-refractivity contribution < 1.29 is 9.84 Å². The van der Waals surface area contributed by atoms with E-state index in [4.69, 9.17) is 4.74 Å². The molecule has 0 heterocycles. The standard InChI is InChI=1S/C18H28O2/c1-2-14-20-17-13-9-8-12-16(17)18(19)15-10-6-4-3-5-7-11-15/h8-9,12-13,15,18-19H,2-7,10-11,14H2,1H3. The molecule has 0 aliphatic heterocycles. The van der Waals surface area contributed by atoms with Crippen molar-refractivity contribution in [1.82, 2.24) is 0 Å². The molecule has 1 aromatic rings. The van der Waals surface area contributed by atoms with Crippen molar-refractivity contribution in [3.05, 3.63) is 29.8 Å². The number of hydrogen-bond donors (Lipinski definition) is 1. The Labute approximate surface area is 123 Å². The third-order valence-corrected chi connectivity index (χ3v) is 4.30. The average molecular weight is 276 g/mol. The predicted molar refractivity (Wildman–Crippen MR) is 83.0 cm³/mol. The highest BCUT2D eigenvalue weighted by Gasteiger charge is 2.23. The fourth-order valence-electron chi connectivity index (χ4n) is 3.13. The quantitative estimate of drug-likeness (QED) is 0.831. The number of para-hydroxylation sites is 1. The summed E-state index contributed by atoms with van der Waals surface area (Å²) in [7, 11) is 0. The van der Waals surface area contributed by atoms with Gasteiger partial charge in [-0.25, -0.2) is 0 Å². The molecule has 0 bridgehead atoms. The summed E-state index contributed by atoms with van der Waals surface area (Å²) in [6.45, 7) is 2.82. The lowest BCUT2D eigenvalue weighted by molar-refractivity contribution is 0.0879. The molecule has 2 heteroatoms. The van der Waals surface area contributed by atoms with Gasteiger partial charge >= 0.3 is 0 Å². The Bertz CT molecular complexity index is 381. The second kappa shape index (κ2) is 8.31. The van der Waals surface area contributed by atoms with E-state index in [9.17, 15) is 5.11 Å². The van der Waals surface area contributed by atoms with Crippen LogP contribution in [0, 0.1) is 5.92 Å². The van der Waals surface area contributed by atoms with Crippen LogP contribution in [0.5, 0.6) is 5.75 Å². The molecule has 1 unspecified atom stereocenters. The normalized spacial score (nSPS) is 19.1. The van der Waals surface area contributed by atoms with Crippen LogP contribution in [0.2, 0.25) is 0 Å². The number of hydrogen-bond acceptors (Lipinski definition) is 2. The van der Waals surface area contributed by atoms with Gasteiger partial charge in [0.05, 0.1) is 12.7 Å². The Hall–Kier alpha value is -1.02. The largest absolute Gasteiger partial charge is 0.493 e. The van der Waals surface area contributed by atoms with Crippen LogP contribution in [-0.4, -0.2) is 11.7 Å². The first kappa shape index (κ1) is 15.4. The monoisotopic (exact) mass is 276 g/mol. The summed E-state index contributed by atoms with van der Waals surface area (Å²) in [4.78, 5) is 0. The maximum Gasteiger partial charge on any atom is 0.125 e. The maximum absolute atomic E-state index is 10.8. The molecule has 20 heavy (non-hydrogen) atoms. The van der Waals surface area contributed by atoms with E-state index in [1.54, 1.807) is 0 Å². The molecule has 0 amide bonds. The molecule has 0 aromatic heterocycles. The summed E-state index contributed by atoms with van der Waals surface area (Å²) >= 11 is 0. The first-order chi connectivity index (χ1) is 9.83. The first-order valence-corrected chi connectivity index (χ1v) is 8.22. The topological polar surface area (TPSA) is 29.5 Å². The molecule has 0 saturated heterocycles. The first-order valence-electron chi connectivity index (χ1n) is 8.22. The lowest BCUT2D eigenvalue weighted by atomic mass is 9.84. The predicted octanol–water partition coefficient (Wildman–Crippen LogP) is 4.87. The van der Waals surface area contributed by atoms with E-state index < -0.39 is 0 Å². The SMILES string of the molecule is CCCOc1ccccc1C(O)C1CCCCCCC1. The van der Waals surface area contributed by atoms with Gasteiger partial charge in [-0.2, -0.15) is 0 Å². The van der Waals surface area contributed by atoms with Gasteiger partial charge in [-0.3, -0.25) is 0 Å². The number of benzene rings is 1.